The number of halogens is 1. The second-order valence-corrected chi connectivity index (χ2v) is 9.38. The van der Waals surface area contributed by atoms with Crippen molar-refractivity contribution >= 4 is 33.0 Å². The number of sulfonamides is 1. The van der Waals surface area contributed by atoms with Crippen LogP contribution in [-0.4, -0.2) is 44.8 Å². The minimum atomic E-state index is -3.64. The summed E-state index contributed by atoms with van der Waals surface area (Å²) in [6.07, 6.45) is 1.97. The molecule has 9 heteroatoms. The first-order chi connectivity index (χ1) is 15.2. The molecule has 3 N–H and O–H groups in total. The second-order valence-electron chi connectivity index (χ2n) is 7.44. The van der Waals surface area contributed by atoms with E-state index in [9.17, 15) is 17.6 Å². The Morgan fingerprint density at radius 3 is 2.34 bits per heavy atom. The number of hydrogen-bond donors (Lipinski definition) is 3. The topological polar surface area (TPSA) is 90.5 Å². The van der Waals surface area contributed by atoms with Crippen LogP contribution in [0.3, 0.4) is 0 Å². The Bertz CT molecular complexity index is 1020. The van der Waals surface area contributed by atoms with Crippen molar-refractivity contribution in [3.05, 3.63) is 47.8 Å². The van der Waals surface area contributed by atoms with Crippen molar-refractivity contribution in [1.29, 1.82) is 0 Å². The lowest BCUT2D eigenvalue weighted by atomic mass is 10.2. The van der Waals surface area contributed by atoms with Gasteiger partial charge in [-0.25, -0.2) is 12.8 Å². The summed E-state index contributed by atoms with van der Waals surface area (Å²) in [5.74, 6) is -0.800. The van der Waals surface area contributed by atoms with Crippen molar-refractivity contribution in [3.8, 4) is 0 Å². The van der Waals surface area contributed by atoms with Crippen LogP contribution in [0.2, 0.25) is 0 Å². The Morgan fingerprint density at radius 1 is 0.969 bits per heavy atom. The first-order valence-corrected chi connectivity index (χ1v) is 12.3. The van der Waals surface area contributed by atoms with Crippen LogP contribution >= 0.6 is 0 Å². The first-order valence-electron chi connectivity index (χ1n) is 10.9. The number of nitrogens with one attached hydrogen (secondary N) is 3. The molecule has 0 unspecified atom stereocenters. The lowest BCUT2D eigenvalue weighted by molar-refractivity contribution is -0.114. The van der Waals surface area contributed by atoms with E-state index in [0.29, 0.717) is 30.2 Å². The molecule has 1 amide bonds. The molecule has 0 saturated carbocycles. The van der Waals surface area contributed by atoms with Crippen LogP contribution in [0.25, 0.3) is 0 Å². The predicted octanol–water partition coefficient (Wildman–Crippen LogP) is 4.43. The van der Waals surface area contributed by atoms with E-state index >= 15 is 0 Å². The van der Waals surface area contributed by atoms with Crippen molar-refractivity contribution in [2.75, 3.05) is 42.1 Å². The van der Waals surface area contributed by atoms with E-state index in [1.54, 1.807) is 45.0 Å². The molecule has 0 heterocycles. The van der Waals surface area contributed by atoms with E-state index in [1.807, 2.05) is 0 Å². The number of carbonyl (C=O) groups is 1. The largest absolute Gasteiger partial charge is 0.383 e. The fourth-order valence-corrected chi connectivity index (χ4v) is 4.68. The molecule has 0 aliphatic heterocycles. The summed E-state index contributed by atoms with van der Waals surface area (Å²) in [6.45, 7) is 8.80. The van der Waals surface area contributed by atoms with Gasteiger partial charge >= 0.3 is 0 Å². The normalized spacial score (nSPS) is 11.4. The quantitative estimate of drug-likeness (QED) is 0.404. The summed E-state index contributed by atoms with van der Waals surface area (Å²) in [5, 5.41) is 9.00. The van der Waals surface area contributed by atoms with Gasteiger partial charge < -0.3 is 16.0 Å². The maximum Gasteiger partial charge on any atom is 0.243 e. The van der Waals surface area contributed by atoms with Crippen LogP contribution in [0.5, 0.6) is 0 Å². The molecule has 0 atom stereocenters. The molecular formula is C23H33FN4O3S. The molecule has 2 aromatic carbocycles. The summed E-state index contributed by atoms with van der Waals surface area (Å²) >= 11 is 0. The van der Waals surface area contributed by atoms with E-state index < -0.39 is 15.8 Å². The van der Waals surface area contributed by atoms with Gasteiger partial charge in [-0.1, -0.05) is 33.3 Å². The highest BCUT2D eigenvalue weighted by molar-refractivity contribution is 7.89. The number of hydrogen-bond acceptors (Lipinski definition) is 5. The van der Waals surface area contributed by atoms with Gasteiger partial charge in [0.05, 0.1) is 22.8 Å². The average molecular weight is 465 g/mol. The summed E-state index contributed by atoms with van der Waals surface area (Å²) in [4.78, 5) is 12.6. The third-order valence-corrected chi connectivity index (χ3v) is 7.14. The Balaban J connectivity index is 2.23. The van der Waals surface area contributed by atoms with Gasteiger partial charge in [0.15, 0.2) is 0 Å². The SMILES string of the molecule is CCCCNc1ccc(S(=O)(=O)N(CC)CC)cc1NCC(=O)Nc1cc(F)ccc1C. The highest BCUT2D eigenvalue weighted by atomic mass is 32.2. The number of carbonyl (C=O) groups excluding carboxylic acids is 1. The lowest BCUT2D eigenvalue weighted by Crippen LogP contribution is -2.30. The Labute approximate surface area is 190 Å². The third-order valence-electron chi connectivity index (χ3n) is 5.09. The second kappa shape index (κ2) is 11.8. The number of anilines is 3. The standard InChI is InChI=1S/C23H33FN4O3S/c1-5-8-13-25-20-12-11-19(32(30,31)28(6-2)7-3)15-22(20)26-16-23(29)27-21-14-18(24)10-9-17(21)4/h9-12,14-15,25-26H,5-8,13,16H2,1-4H3,(H,27,29). The summed E-state index contributed by atoms with van der Waals surface area (Å²) in [5.41, 5.74) is 2.37. The van der Waals surface area contributed by atoms with Crippen molar-refractivity contribution in [3.63, 3.8) is 0 Å². The number of rotatable bonds is 12. The number of amides is 1. The smallest absolute Gasteiger partial charge is 0.243 e. The zero-order valence-corrected chi connectivity index (χ0v) is 20.0. The Kier molecular flexibility index (Phi) is 9.46. The maximum absolute atomic E-state index is 13.5. The van der Waals surface area contributed by atoms with Crippen molar-refractivity contribution in [1.82, 2.24) is 4.31 Å². The van der Waals surface area contributed by atoms with E-state index in [2.05, 4.69) is 22.9 Å². The molecule has 0 aromatic heterocycles. The fourth-order valence-electron chi connectivity index (χ4n) is 3.20. The fraction of sp³-hybridized carbons (Fsp3) is 0.435. The highest BCUT2D eigenvalue weighted by Crippen LogP contribution is 2.27. The molecule has 0 radical (unpaired) electrons. The molecule has 176 valence electrons. The summed E-state index contributed by atoms with van der Waals surface area (Å²) in [6, 6.07) is 9.02. The van der Waals surface area contributed by atoms with E-state index in [-0.39, 0.29) is 17.3 Å². The van der Waals surface area contributed by atoms with Gasteiger partial charge in [0.2, 0.25) is 15.9 Å². The van der Waals surface area contributed by atoms with Gasteiger partial charge in [-0.2, -0.15) is 4.31 Å². The minimum Gasteiger partial charge on any atom is -0.383 e. The maximum atomic E-state index is 13.5. The number of aryl methyl sites for hydroxylation is 1. The molecule has 7 nitrogen and oxygen atoms in total. The first kappa shape index (κ1) is 25.6. The molecule has 32 heavy (non-hydrogen) atoms. The molecular weight excluding hydrogens is 431 g/mol. The summed E-state index contributed by atoms with van der Waals surface area (Å²) in [7, 11) is -3.64. The lowest BCUT2D eigenvalue weighted by Gasteiger charge is -2.20. The van der Waals surface area contributed by atoms with Crippen molar-refractivity contribution in [2.45, 2.75) is 45.4 Å². The molecule has 0 bridgehead atoms. The minimum absolute atomic E-state index is 0.104. The Morgan fingerprint density at radius 2 is 1.69 bits per heavy atom. The van der Waals surface area contributed by atoms with Crippen LogP contribution < -0.4 is 16.0 Å². The molecule has 0 saturated heterocycles. The third kappa shape index (κ3) is 6.67. The van der Waals surface area contributed by atoms with Crippen LogP contribution in [0.1, 0.15) is 39.2 Å². The zero-order valence-electron chi connectivity index (χ0n) is 19.2. The van der Waals surface area contributed by atoms with Gasteiger partial charge in [-0.15, -0.1) is 0 Å². The molecule has 0 aliphatic rings. The van der Waals surface area contributed by atoms with Gasteiger partial charge in [0.25, 0.3) is 0 Å². The van der Waals surface area contributed by atoms with Crippen LogP contribution in [0.15, 0.2) is 41.3 Å². The van der Waals surface area contributed by atoms with E-state index in [4.69, 9.17) is 0 Å². The highest BCUT2D eigenvalue weighted by Gasteiger charge is 2.22. The van der Waals surface area contributed by atoms with Gasteiger partial charge in [-0.05, 0) is 49.2 Å². The number of benzene rings is 2. The zero-order chi connectivity index (χ0) is 23.7. The van der Waals surface area contributed by atoms with Crippen LogP contribution in [0, 0.1) is 12.7 Å². The van der Waals surface area contributed by atoms with E-state index in [0.717, 1.165) is 24.9 Å². The molecule has 2 aromatic rings. The molecule has 2 rings (SSSR count). The molecule has 0 fully saturated rings. The van der Waals surface area contributed by atoms with E-state index in [1.165, 1.54) is 16.4 Å². The Hall–Kier alpha value is -2.65. The van der Waals surface area contributed by atoms with Gasteiger partial charge in [0.1, 0.15) is 5.82 Å². The predicted molar refractivity (Wildman–Crippen MR) is 128 cm³/mol. The number of unbranched alkanes of at least 4 members (excludes halogenated alkanes) is 1. The van der Waals surface area contributed by atoms with Crippen LogP contribution in [0.4, 0.5) is 21.5 Å². The van der Waals surface area contributed by atoms with Gasteiger partial charge in [0, 0.05) is 25.3 Å². The average Bonchev–Trinajstić information content (AvgIpc) is 2.76. The van der Waals surface area contributed by atoms with Crippen molar-refractivity contribution < 1.29 is 17.6 Å². The van der Waals surface area contributed by atoms with Crippen LogP contribution in [-0.2, 0) is 14.8 Å². The van der Waals surface area contributed by atoms with Gasteiger partial charge in [-0.3, -0.25) is 4.79 Å². The monoisotopic (exact) mass is 464 g/mol. The number of nitrogens with zero attached hydrogens (tertiary/aromatic N) is 1. The van der Waals surface area contributed by atoms with Crippen molar-refractivity contribution in [2.24, 2.45) is 0 Å². The molecule has 0 aliphatic carbocycles. The molecule has 0 spiro atoms. The summed E-state index contributed by atoms with van der Waals surface area (Å²) < 4.78 is 40.7.